The molecule has 2 heterocycles. The highest BCUT2D eigenvalue weighted by atomic mass is 32.1. The highest BCUT2D eigenvalue weighted by Crippen LogP contribution is 2.29. The molecule has 1 N–H and O–H groups in total. The van der Waals surface area contributed by atoms with Gasteiger partial charge in [0.25, 0.3) is 5.91 Å². The second-order valence-corrected chi connectivity index (χ2v) is 7.68. The molecule has 0 aliphatic heterocycles. The first-order chi connectivity index (χ1) is 13.4. The maximum absolute atomic E-state index is 13.1. The number of amides is 1. The van der Waals surface area contributed by atoms with Crippen LogP contribution in [-0.2, 0) is 16.1 Å². The molecular weight excluding hydrogens is 381 g/mol. The van der Waals surface area contributed by atoms with Crippen LogP contribution >= 0.6 is 11.3 Å². The molecule has 0 spiro atoms. The molecule has 3 aromatic rings. The van der Waals surface area contributed by atoms with E-state index in [4.69, 9.17) is 4.74 Å². The van der Waals surface area contributed by atoms with Crippen LogP contribution in [0.5, 0.6) is 0 Å². The van der Waals surface area contributed by atoms with Crippen LogP contribution in [0, 0.1) is 12.7 Å². The summed E-state index contributed by atoms with van der Waals surface area (Å²) in [5, 5.41) is 8.12. The van der Waals surface area contributed by atoms with Gasteiger partial charge in [-0.05, 0) is 44.0 Å². The lowest BCUT2D eigenvalue weighted by atomic mass is 10.2. The molecule has 0 bridgehead atoms. The van der Waals surface area contributed by atoms with E-state index in [0.29, 0.717) is 11.4 Å². The van der Waals surface area contributed by atoms with Gasteiger partial charge in [0.05, 0.1) is 12.2 Å². The monoisotopic (exact) mass is 403 g/mol. The Morgan fingerprint density at radius 3 is 2.71 bits per heavy atom. The van der Waals surface area contributed by atoms with E-state index in [9.17, 15) is 14.0 Å². The number of ether oxygens (including phenoxy) is 1. The van der Waals surface area contributed by atoms with E-state index < -0.39 is 5.97 Å². The first-order valence-electron chi connectivity index (χ1n) is 9.05. The van der Waals surface area contributed by atoms with E-state index in [1.807, 2.05) is 20.8 Å². The van der Waals surface area contributed by atoms with Crippen LogP contribution in [0.25, 0.3) is 10.2 Å². The van der Waals surface area contributed by atoms with E-state index in [2.05, 4.69) is 10.4 Å². The summed E-state index contributed by atoms with van der Waals surface area (Å²) in [6.07, 6.45) is 0.805. The van der Waals surface area contributed by atoms with Crippen LogP contribution in [0.1, 0.15) is 41.2 Å². The van der Waals surface area contributed by atoms with Gasteiger partial charge in [0.1, 0.15) is 15.5 Å². The molecule has 8 heteroatoms. The molecule has 3 rings (SSSR count). The highest BCUT2D eigenvalue weighted by Gasteiger charge is 2.18. The van der Waals surface area contributed by atoms with Gasteiger partial charge in [-0.1, -0.05) is 19.1 Å². The number of benzene rings is 1. The summed E-state index contributed by atoms with van der Waals surface area (Å²) in [5.41, 5.74) is 1.70. The third kappa shape index (κ3) is 4.56. The molecule has 1 amide bonds. The van der Waals surface area contributed by atoms with Crippen molar-refractivity contribution in [1.82, 2.24) is 15.1 Å². The van der Waals surface area contributed by atoms with Gasteiger partial charge in [0.15, 0.2) is 6.61 Å². The Balaban J connectivity index is 1.72. The van der Waals surface area contributed by atoms with Crippen molar-refractivity contribution >= 4 is 33.4 Å². The predicted molar refractivity (Wildman–Crippen MR) is 106 cm³/mol. The number of hydrogen-bond acceptors (Lipinski definition) is 5. The molecule has 0 aliphatic rings. The first kappa shape index (κ1) is 20.0. The lowest BCUT2D eigenvalue weighted by molar-refractivity contribution is -0.124. The molecule has 0 radical (unpaired) electrons. The molecule has 2 aromatic heterocycles. The number of hydrogen-bond donors (Lipinski definition) is 1. The minimum Gasteiger partial charge on any atom is -0.451 e. The van der Waals surface area contributed by atoms with Gasteiger partial charge in [-0.25, -0.2) is 9.18 Å². The SMILES string of the molecule is CC[C@@H](C)NC(=O)COC(=O)c1cc2c(C)nn(Cc3ccc(F)cc3)c2s1. The van der Waals surface area contributed by atoms with Crippen LogP contribution in [0.4, 0.5) is 4.39 Å². The molecule has 28 heavy (non-hydrogen) atoms. The predicted octanol–water partition coefficient (Wildman–Crippen LogP) is 3.67. The summed E-state index contributed by atoms with van der Waals surface area (Å²) >= 11 is 1.27. The molecule has 0 saturated carbocycles. The number of nitrogens with one attached hydrogen (secondary N) is 1. The third-order valence-electron chi connectivity index (χ3n) is 4.41. The van der Waals surface area contributed by atoms with Gasteiger partial charge in [-0.2, -0.15) is 5.10 Å². The van der Waals surface area contributed by atoms with Crippen molar-refractivity contribution in [2.45, 2.75) is 39.8 Å². The standard InChI is InChI=1S/C20H22FN3O3S/c1-4-12(2)22-18(25)11-27-20(26)17-9-16-13(3)23-24(19(16)28-17)10-14-5-7-15(21)8-6-14/h5-9,12H,4,10-11H2,1-3H3,(H,22,25)/t12-/m1/s1. The van der Waals surface area contributed by atoms with Gasteiger partial charge >= 0.3 is 5.97 Å². The molecule has 1 atom stereocenters. The Morgan fingerprint density at radius 1 is 1.32 bits per heavy atom. The zero-order valence-corrected chi connectivity index (χ0v) is 16.8. The number of nitrogens with zero attached hydrogens (tertiary/aromatic N) is 2. The average molecular weight is 403 g/mol. The number of fused-ring (bicyclic) bond motifs is 1. The van der Waals surface area contributed by atoms with Crippen LogP contribution < -0.4 is 5.32 Å². The number of aromatic nitrogens is 2. The van der Waals surface area contributed by atoms with Crippen LogP contribution in [0.3, 0.4) is 0 Å². The molecule has 0 fully saturated rings. The Bertz CT molecular complexity index is 994. The van der Waals surface area contributed by atoms with Crippen LogP contribution in [-0.4, -0.2) is 34.3 Å². The number of thiophene rings is 1. The van der Waals surface area contributed by atoms with Crippen molar-refractivity contribution in [1.29, 1.82) is 0 Å². The zero-order chi connectivity index (χ0) is 20.3. The van der Waals surface area contributed by atoms with Gasteiger partial charge < -0.3 is 10.1 Å². The third-order valence-corrected chi connectivity index (χ3v) is 5.54. The van der Waals surface area contributed by atoms with Crippen molar-refractivity contribution in [3.05, 3.63) is 52.3 Å². The summed E-state index contributed by atoms with van der Waals surface area (Å²) in [6, 6.07) is 8.00. The highest BCUT2D eigenvalue weighted by molar-refractivity contribution is 7.20. The Labute approximate surface area is 166 Å². The molecule has 0 aliphatic carbocycles. The van der Waals surface area contributed by atoms with E-state index in [1.54, 1.807) is 22.9 Å². The maximum Gasteiger partial charge on any atom is 0.348 e. The van der Waals surface area contributed by atoms with E-state index in [0.717, 1.165) is 27.9 Å². The molecule has 0 saturated heterocycles. The first-order valence-corrected chi connectivity index (χ1v) is 9.87. The van der Waals surface area contributed by atoms with Crippen LogP contribution in [0.15, 0.2) is 30.3 Å². The Morgan fingerprint density at radius 2 is 2.04 bits per heavy atom. The van der Waals surface area contributed by atoms with Crippen molar-refractivity contribution in [3.63, 3.8) is 0 Å². The lowest BCUT2D eigenvalue weighted by Gasteiger charge is -2.11. The average Bonchev–Trinajstić information content (AvgIpc) is 3.23. The summed E-state index contributed by atoms with van der Waals surface area (Å²) < 4.78 is 20.0. The second-order valence-electron chi connectivity index (χ2n) is 6.65. The fourth-order valence-electron chi connectivity index (χ4n) is 2.70. The smallest absolute Gasteiger partial charge is 0.348 e. The summed E-state index contributed by atoms with van der Waals surface area (Å²) in [6.45, 7) is 5.88. The molecule has 1 aromatic carbocycles. The minimum absolute atomic E-state index is 0.0376. The fraction of sp³-hybridized carbons (Fsp3) is 0.350. The Kier molecular flexibility index (Phi) is 6.08. The van der Waals surface area contributed by atoms with E-state index >= 15 is 0 Å². The van der Waals surface area contributed by atoms with Gasteiger partial charge in [-0.3, -0.25) is 9.48 Å². The second kappa shape index (κ2) is 8.52. The van der Waals surface area contributed by atoms with Crippen LogP contribution in [0.2, 0.25) is 0 Å². The summed E-state index contributed by atoms with van der Waals surface area (Å²) in [5.74, 6) is -1.14. The largest absolute Gasteiger partial charge is 0.451 e. The Hall–Kier alpha value is -2.74. The molecule has 148 valence electrons. The lowest BCUT2D eigenvalue weighted by Crippen LogP contribution is -2.35. The zero-order valence-electron chi connectivity index (χ0n) is 16.0. The van der Waals surface area contributed by atoms with Gasteiger partial charge in [0, 0.05) is 11.4 Å². The van der Waals surface area contributed by atoms with Crippen molar-refractivity contribution < 1.29 is 18.7 Å². The van der Waals surface area contributed by atoms with Crippen molar-refractivity contribution in [3.8, 4) is 0 Å². The summed E-state index contributed by atoms with van der Waals surface area (Å²) in [4.78, 5) is 25.4. The maximum atomic E-state index is 13.1. The number of carbonyl (C=O) groups excluding carboxylic acids is 2. The number of aryl methyl sites for hydroxylation is 1. The van der Waals surface area contributed by atoms with Gasteiger partial charge in [0.2, 0.25) is 0 Å². The quantitative estimate of drug-likeness (QED) is 0.611. The van der Waals surface area contributed by atoms with Crippen molar-refractivity contribution in [2.75, 3.05) is 6.61 Å². The number of carbonyl (C=O) groups is 2. The summed E-state index contributed by atoms with van der Waals surface area (Å²) in [7, 11) is 0. The molecular formula is C20H22FN3O3S. The van der Waals surface area contributed by atoms with Gasteiger partial charge in [-0.15, -0.1) is 11.3 Å². The normalized spacial score (nSPS) is 12.1. The molecule has 6 nitrogen and oxygen atoms in total. The fourth-order valence-corrected chi connectivity index (χ4v) is 3.76. The number of halogens is 1. The van der Waals surface area contributed by atoms with Crippen molar-refractivity contribution in [2.24, 2.45) is 0 Å². The number of rotatable bonds is 7. The minimum atomic E-state index is -0.534. The van der Waals surface area contributed by atoms with E-state index in [-0.39, 0.29) is 24.4 Å². The topological polar surface area (TPSA) is 73.2 Å². The number of esters is 1. The van der Waals surface area contributed by atoms with E-state index in [1.165, 1.54) is 23.5 Å². The molecule has 0 unspecified atom stereocenters.